The highest BCUT2D eigenvalue weighted by Crippen LogP contribution is 2.23. The molecule has 1 heterocycles. The average molecular weight is 671 g/mol. The molecule has 17 heteroatoms. The van der Waals surface area contributed by atoms with Gasteiger partial charge in [-0.15, -0.1) is 0 Å². The van der Waals surface area contributed by atoms with Crippen LogP contribution >= 0.6 is 15.9 Å². The van der Waals surface area contributed by atoms with Crippen molar-refractivity contribution in [3.05, 3.63) is 35.4 Å². The van der Waals surface area contributed by atoms with Gasteiger partial charge in [0.25, 0.3) is 0 Å². The molecule has 0 atom stereocenters. The fourth-order valence-electron chi connectivity index (χ4n) is 4.19. The Morgan fingerprint density at radius 3 is 1.27 bits per heavy atom. The minimum atomic E-state index is -5.42. The van der Waals surface area contributed by atoms with Crippen LogP contribution in [0.25, 0.3) is 0 Å². The minimum Gasteiger partial charge on any atom is -0.334 e. The summed E-state index contributed by atoms with van der Waals surface area (Å²) < 4.78 is 119. The fourth-order valence-corrected chi connectivity index (χ4v) is 4.56. The van der Waals surface area contributed by atoms with E-state index in [1.807, 2.05) is 0 Å². The van der Waals surface area contributed by atoms with Gasteiger partial charge in [0.15, 0.2) is 0 Å². The summed E-state index contributed by atoms with van der Waals surface area (Å²) >= 11 is 3.30. The summed E-state index contributed by atoms with van der Waals surface area (Å²) in [5.74, 6) is -6.92. The Morgan fingerprint density at radius 1 is 0.561 bits per heavy atom. The van der Waals surface area contributed by atoms with Crippen LogP contribution in [0.5, 0.6) is 0 Å². The number of rotatable bonds is 3. The number of carbonyl (C=O) groups excluding carboxylic acids is 3. The number of benzene rings is 1. The van der Waals surface area contributed by atoms with E-state index in [4.69, 9.17) is 0 Å². The molecule has 1 aromatic carbocycles. The van der Waals surface area contributed by atoms with Crippen LogP contribution < -0.4 is 0 Å². The molecule has 0 spiro atoms. The van der Waals surface area contributed by atoms with Gasteiger partial charge in [-0.1, -0.05) is 40.2 Å². The Balaban J connectivity index is 2.35. The Labute approximate surface area is 238 Å². The lowest BCUT2D eigenvalue weighted by molar-refractivity contribution is -0.189. The second kappa shape index (κ2) is 14.6. The largest absolute Gasteiger partial charge is 0.471 e. The third-order valence-electron chi connectivity index (χ3n) is 6.26. The van der Waals surface area contributed by atoms with E-state index in [9.17, 15) is 53.9 Å². The van der Waals surface area contributed by atoms with E-state index in [1.165, 1.54) is 0 Å². The second-order valence-corrected chi connectivity index (χ2v) is 9.86. The zero-order valence-electron chi connectivity index (χ0n) is 21.6. The van der Waals surface area contributed by atoms with Crippen LogP contribution in [0.3, 0.4) is 0 Å². The van der Waals surface area contributed by atoms with Crippen molar-refractivity contribution in [3.8, 4) is 0 Å². The molecule has 0 radical (unpaired) electrons. The molecule has 1 aliphatic rings. The number of alkyl halides is 10. The summed E-state index contributed by atoms with van der Waals surface area (Å²) in [4.78, 5) is 38.4. The van der Waals surface area contributed by atoms with Crippen LogP contribution in [0.4, 0.5) is 39.5 Å². The molecule has 0 aliphatic carbocycles. The molecule has 7 nitrogen and oxygen atoms in total. The van der Waals surface area contributed by atoms with E-state index in [1.54, 1.807) is 29.2 Å². The lowest BCUT2D eigenvalue weighted by Crippen LogP contribution is -2.50. The van der Waals surface area contributed by atoms with Gasteiger partial charge in [0.1, 0.15) is 0 Å². The van der Waals surface area contributed by atoms with Crippen molar-refractivity contribution in [3.63, 3.8) is 0 Å². The number of halogens is 10. The van der Waals surface area contributed by atoms with Gasteiger partial charge in [0.05, 0.1) is 0 Å². The maximum atomic E-state index is 13.3. The van der Waals surface area contributed by atoms with Crippen molar-refractivity contribution < 1.29 is 53.9 Å². The van der Waals surface area contributed by atoms with Crippen molar-refractivity contribution >= 4 is 33.7 Å². The lowest BCUT2D eigenvalue weighted by Gasteiger charge is -2.32. The topological polar surface area (TPSA) is 64.2 Å². The monoisotopic (exact) mass is 670 g/mol. The minimum absolute atomic E-state index is 0.0128. The average Bonchev–Trinajstić information content (AvgIpc) is 2.88. The molecule has 0 saturated carbocycles. The van der Waals surface area contributed by atoms with E-state index >= 15 is 0 Å². The van der Waals surface area contributed by atoms with Gasteiger partial charge >= 0.3 is 36.3 Å². The predicted molar refractivity (Wildman–Crippen MR) is 131 cm³/mol. The lowest BCUT2D eigenvalue weighted by atomic mass is 10.1. The summed E-state index contributed by atoms with van der Waals surface area (Å²) in [5.41, 5.74) is 1.67. The molecular weight excluding hydrogens is 643 g/mol. The summed E-state index contributed by atoms with van der Waals surface area (Å²) in [5, 5.41) is 0.570. The van der Waals surface area contributed by atoms with Crippen molar-refractivity contribution in [1.29, 1.82) is 0 Å². The summed E-state index contributed by atoms with van der Waals surface area (Å²) in [6, 6.07) is 7.11. The van der Waals surface area contributed by atoms with Gasteiger partial charge in [-0.2, -0.15) is 39.5 Å². The number of hydrogen-bond acceptors (Lipinski definition) is 4. The number of hydrogen-bond donors (Lipinski definition) is 0. The van der Waals surface area contributed by atoms with Crippen LogP contribution in [-0.4, -0.2) is 108 Å². The highest BCUT2D eigenvalue weighted by molar-refractivity contribution is 9.08. The zero-order chi connectivity index (χ0) is 31.0. The Bertz CT molecular complexity index is 1030. The first-order valence-corrected chi connectivity index (χ1v) is 13.5. The first-order valence-electron chi connectivity index (χ1n) is 12.4. The highest BCUT2D eigenvalue weighted by Gasteiger charge is 2.45. The van der Waals surface area contributed by atoms with E-state index in [2.05, 4.69) is 15.9 Å². The van der Waals surface area contributed by atoms with E-state index in [-0.39, 0.29) is 31.0 Å². The molecule has 1 fully saturated rings. The summed E-state index contributed by atoms with van der Waals surface area (Å²) in [7, 11) is 0. The van der Waals surface area contributed by atoms with Crippen molar-refractivity contribution in [2.24, 2.45) is 0 Å². The summed E-state index contributed by atoms with van der Waals surface area (Å²) in [6.45, 7) is -4.35. The Hall–Kier alpha value is -2.56. The third kappa shape index (κ3) is 11.0. The molecule has 0 unspecified atom stereocenters. The molecule has 1 saturated heterocycles. The standard InChI is InChI=1S/C24H28BrF9N4O3/c25-15-17-3-5-18(6-4-17)16-35-7-1-8-37(20(40)23(29,30)31)13-14-38(21(41)24(32,33)34)10-2-9-36(12-11-35)19(39)22(26,27)28/h3-6H,1-2,7-16H2. The molecule has 1 aromatic rings. The first kappa shape index (κ1) is 34.6. The van der Waals surface area contributed by atoms with Crippen molar-refractivity contribution in [2.75, 3.05) is 52.4 Å². The number of carbonyl (C=O) groups is 3. The second-order valence-electron chi connectivity index (χ2n) is 9.30. The van der Waals surface area contributed by atoms with Crippen LogP contribution in [0.15, 0.2) is 24.3 Å². The molecule has 0 N–H and O–H groups in total. The van der Waals surface area contributed by atoms with Gasteiger partial charge in [0.2, 0.25) is 0 Å². The molecule has 3 amide bonds. The van der Waals surface area contributed by atoms with E-state index < -0.39 is 81.9 Å². The van der Waals surface area contributed by atoms with Gasteiger partial charge in [-0.3, -0.25) is 19.3 Å². The van der Waals surface area contributed by atoms with E-state index in [0.717, 1.165) is 11.1 Å². The van der Waals surface area contributed by atoms with E-state index in [0.29, 0.717) is 15.1 Å². The number of nitrogens with zero attached hydrogens (tertiary/aromatic N) is 4. The normalized spacial score (nSPS) is 17.8. The van der Waals surface area contributed by atoms with Crippen LogP contribution in [0, 0.1) is 0 Å². The highest BCUT2D eigenvalue weighted by atomic mass is 79.9. The molecular formula is C24H28BrF9N4O3. The Morgan fingerprint density at radius 2 is 0.902 bits per heavy atom. The fraction of sp³-hybridized carbons (Fsp3) is 0.625. The molecule has 232 valence electrons. The quantitative estimate of drug-likeness (QED) is 0.355. The smallest absolute Gasteiger partial charge is 0.334 e. The summed E-state index contributed by atoms with van der Waals surface area (Å²) in [6.07, 6.45) is -16.6. The maximum Gasteiger partial charge on any atom is 0.471 e. The van der Waals surface area contributed by atoms with Gasteiger partial charge in [-0.05, 0) is 24.0 Å². The van der Waals surface area contributed by atoms with Crippen LogP contribution in [0.1, 0.15) is 24.0 Å². The number of amides is 3. The third-order valence-corrected chi connectivity index (χ3v) is 6.90. The Kier molecular flexibility index (Phi) is 12.3. The van der Waals surface area contributed by atoms with Gasteiger partial charge in [0, 0.05) is 64.2 Å². The molecule has 0 aromatic heterocycles. The van der Waals surface area contributed by atoms with Crippen LogP contribution in [-0.2, 0) is 26.3 Å². The van der Waals surface area contributed by atoms with Gasteiger partial charge < -0.3 is 14.7 Å². The molecule has 2 rings (SSSR count). The maximum absolute atomic E-state index is 13.3. The predicted octanol–water partition coefficient (Wildman–Crippen LogP) is 4.35. The van der Waals surface area contributed by atoms with Crippen molar-refractivity contribution in [2.45, 2.75) is 43.2 Å². The van der Waals surface area contributed by atoms with Gasteiger partial charge in [-0.25, -0.2) is 0 Å². The zero-order valence-corrected chi connectivity index (χ0v) is 23.2. The SMILES string of the molecule is O=C(N1CCCN(C(=O)C(F)(F)F)CCN(C(=O)C(F)(F)F)CCCN(Cc2ccc(CBr)cc2)CC1)C(F)(F)F. The molecule has 0 bridgehead atoms. The molecule has 41 heavy (non-hydrogen) atoms. The van der Waals surface area contributed by atoms with Crippen LogP contribution in [0.2, 0.25) is 0 Å². The molecule has 1 aliphatic heterocycles. The first-order chi connectivity index (χ1) is 18.9. The van der Waals surface area contributed by atoms with Crippen molar-refractivity contribution in [1.82, 2.24) is 19.6 Å².